The van der Waals surface area contributed by atoms with Gasteiger partial charge in [0.15, 0.2) is 0 Å². The van der Waals surface area contributed by atoms with Crippen molar-refractivity contribution in [2.45, 2.75) is 32.5 Å². The van der Waals surface area contributed by atoms with E-state index < -0.39 is 0 Å². The Bertz CT molecular complexity index is 428. The number of benzene rings is 1. The number of carbonyl (C=O) groups excluding carboxylic acids is 1. The standard InChI is InChI=1S/C17H26N2O2/c1-14(12-18-2)17(20)19-10-8-16(9-11-19)21-13-15-6-4-3-5-7-15/h3-7,14,16,18H,8-13H2,1-2H3. The van der Waals surface area contributed by atoms with E-state index in [4.69, 9.17) is 4.74 Å². The van der Waals surface area contributed by atoms with Gasteiger partial charge >= 0.3 is 0 Å². The Morgan fingerprint density at radius 3 is 2.62 bits per heavy atom. The summed E-state index contributed by atoms with van der Waals surface area (Å²) in [7, 11) is 1.88. The summed E-state index contributed by atoms with van der Waals surface area (Å²) in [5.74, 6) is 0.308. The van der Waals surface area contributed by atoms with E-state index in [9.17, 15) is 4.79 Å². The molecular weight excluding hydrogens is 264 g/mol. The number of amides is 1. The Morgan fingerprint density at radius 1 is 1.33 bits per heavy atom. The smallest absolute Gasteiger partial charge is 0.226 e. The van der Waals surface area contributed by atoms with Gasteiger partial charge in [0, 0.05) is 25.6 Å². The molecule has 0 radical (unpaired) electrons. The molecule has 1 fully saturated rings. The molecule has 1 saturated heterocycles. The highest BCUT2D eigenvalue weighted by atomic mass is 16.5. The van der Waals surface area contributed by atoms with Crippen LogP contribution in [0, 0.1) is 5.92 Å². The highest BCUT2D eigenvalue weighted by molar-refractivity contribution is 5.78. The van der Waals surface area contributed by atoms with E-state index in [0.717, 1.165) is 32.5 Å². The van der Waals surface area contributed by atoms with Crippen molar-refractivity contribution in [2.24, 2.45) is 5.92 Å². The summed E-state index contributed by atoms with van der Waals surface area (Å²) in [6.45, 7) is 5.01. The Hall–Kier alpha value is -1.39. The summed E-state index contributed by atoms with van der Waals surface area (Å²) in [4.78, 5) is 14.2. The maximum absolute atomic E-state index is 12.2. The first-order chi connectivity index (χ1) is 10.2. The van der Waals surface area contributed by atoms with Gasteiger partial charge in [-0.25, -0.2) is 0 Å². The van der Waals surface area contributed by atoms with Crippen molar-refractivity contribution >= 4 is 5.91 Å². The number of likely N-dealkylation sites (tertiary alicyclic amines) is 1. The number of carbonyl (C=O) groups is 1. The largest absolute Gasteiger partial charge is 0.373 e. The van der Waals surface area contributed by atoms with Crippen molar-refractivity contribution in [3.05, 3.63) is 35.9 Å². The average Bonchev–Trinajstić information content (AvgIpc) is 2.54. The molecule has 1 aliphatic rings. The van der Waals surface area contributed by atoms with Gasteiger partial charge in [0.2, 0.25) is 5.91 Å². The molecular formula is C17H26N2O2. The molecule has 1 amide bonds. The highest BCUT2D eigenvalue weighted by Gasteiger charge is 2.25. The maximum Gasteiger partial charge on any atom is 0.226 e. The molecule has 1 unspecified atom stereocenters. The Kier molecular flexibility index (Phi) is 6.21. The number of nitrogens with zero attached hydrogens (tertiary/aromatic N) is 1. The fourth-order valence-corrected chi connectivity index (χ4v) is 2.74. The molecule has 116 valence electrons. The zero-order valence-corrected chi connectivity index (χ0v) is 13.0. The lowest BCUT2D eigenvalue weighted by molar-refractivity contribution is -0.137. The zero-order chi connectivity index (χ0) is 15.1. The lowest BCUT2D eigenvalue weighted by Crippen LogP contribution is -2.44. The van der Waals surface area contributed by atoms with Gasteiger partial charge in [-0.2, -0.15) is 0 Å². The number of hydrogen-bond acceptors (Lipinski definition) is 3. The van der Waals surface area contributed by atoms with E-state index in [1.807, 2.05) is 37.1 Å². The van der Waals surface area contributed by atoms with Gasteiger partial charge in [-0.1, -0.05) is 37.3 Å². The van der Waals surface area contributed by atoms with Gasteiger partial charge in [-0.15, -0.1) is 0 Å². The average molecular weight is 290 g/mol. The van der Waals surface area contributed by atoms with E-state index >= 15 is 0 Å². The minimum absolute atomic E-state index is 0.0526. The summed E-state index contributed by atoms with van der Waals surface area (Å²) in [5, 5.41) is 3.06. The Morgan fingerprint density at radius 2 is 2.00 bits per heavy atom. The molecule has 21 heavy (non-hydrogen) atoms. The third-order valence-corrected chi connectivity index (χ3v) is 4.01. The van der Waals surface area contributed by atoms with Crippen LogP contribution in [0.25, 0.3) is 0 Å². The minimum atomic E-state index is 0.0526. The van der Waals surface area contributed by atoms with Crippen LogP contribution in [0.2, 0.25) is 0 Å². The summed E-state index contributed by atoms with van der Waals surface area (Å²) < 4.78 is 5.95. The predicted octanol–water partition coefficient (Wildman–Crippen LogP) is 2.05. The van der Waals surface area contributed by atoms with Gasteiger partial charge in [-0.3, -0.25) is 4.79 Å². The molecule has 0 saturated carbocycles. The highest BCUT2D eigenvalue weighted by Crippen LogP contribution is 2.17. The lowest BCUT2D eigenvalue weighted by atomic mass is 10.0. The van der Waals surface area contributed by atoms with E-state index in [2.05, 4.69) is 17.4 Å². The monoisotopic (exact) mass is 290 g/mol. The summed E-state index contributed by atoms with van der Waals surface area (Å²) in [6, 6.07) is 10.2. The van der Waals surface area contributed by atoms with E-state index in [0.29, 0.717) is 6.61 Å². The fraction of sp³-hybridized carbons (Fsp3) is 0.588. The van der Waals surface area contributed by atoms with Crippen molar-refractivity contribution in [1.29, 1.82) is 0 Å². The molecule has 1 N–H and O–H groups in total. The number of ether oxygens (including phenoxy) is 1. The topological polar surface area (TPSA) is 41.6 Å². The number of piperidine rings is 1. The van der Waals surface area contributed by atoms with Crippen LogP contribution in [0.3, 0.4) is 0 Å². The van der Waals surface area contributed by atoms with Crippen molar-refractivity contribution in [3.8, 4) is 0 Å². The third kappa shape index (κ3) is 4.83. The van der Waals surface area contributed by atoms with Gasteiger partial charge in [-0.05, 0) is 25.5 Å². The van der Waals surface area contributed by atoms with Crippen LogP contribution in [0.4, 0.5) is 0 Å². The molecule has 0 aliphatic carbocycles. The Labute approximate surface area is 127 Å². The van der Waals surface area contributed by atoms with E-state index in [1.165, 1.54) is 5.56 Å². The van der Waals surface area contributed by atoms with Crippen LogP contribution in [0.15, 0.2) is 30.3 Å². The maximum atomic E-state index is 12.2. The number of nitrogens with one attached hydrogen (secondary N) is 1. The van der Waals surface area contributed by atoms with Gasteiger partial charge in [0.1, 0.15) is 0 Å². The minimum Gasteiger partial charge on any atom is -0.373 e. The summed E-state index contributed by atoms with van der Waals surface area (Å²) in [5.41, 5.74) is 1.21. The summed E-state index contributed by atoms with van der Waals surface area (Å²) >= 11 is 0. The second kappa shape index (κ2) is 8.15. The SMILES string of the molecule is CNCC(C)C(=O)N1CCC(OCc2ccccc2)CC1. The first-order valence-electron chi connectivity index (χ1n) is 7.79. The van der Waals surface area contributed by atoms with Crippen molar-refractivity contribution in [2.75, 3.05) is 26.7 Å². The fourth-order valence-electron chi connectivity index (χ4n) is 2.74. The van der Waals surface area contributed by atoms with Gasteiger partial charge < -0.3 is 15.0 Å². The molecule has 1 aromatic carbocycles. The lowest BCUT2D eigenvalue weighted by Gasteiger charge is -2.33. The van der Waals surface area contributed by atoms with Crippen molar-refractivity contribution in [1.82, 2.24) is 10.2 Å². The van der Waals surface area contributed by atoms with E-state index in [1.54, 1.807) is 0 Å². The van der Waals surface area contributed by atoms with Crippen LogP contribution in [-0.4, -0.2) is 43.6 Å². The second-order valence-electron chi connectivity index (χ2n) is 5.78. The molecule has 1 aliphatic heterocycles. The summed E-state index contributed by atoms with van der Waals surface area (Å²) in [6.07, 6.45) is 2.14. The number of rotatable bonds is 6. The van der Waals surface area contributed by atoms with Crippen LogP contribution in [0.1, 0.15) is 25.3 Å². The molecule has 1 aromatic rings. The van der Waals surface area contributed by atoms with Gasteiger partial charge in [0.05, 0.1) is 12.7 Å². The first kappa shape index (κ1) is 16.0. The second-order valence-corrected chi connectivity index (χ2v) is 5.78. The quantitative estimate of drug-likeness (QED) is 0.872. The van der Waals surface area contributed by atoms with Crippen molar-refractivity contribution in [3.63, 3.8) is 0 Å². The molecule has 2 rings (SSSR count). The molecule has 4 heteroatoms. The van der Waals surface area contributed by atoms with Crippen LogP contribution < -0.4 is 5.32 Å². The number of hydrogen-bond donors (Lipinski definition) is 1. The zero-order valence-electron chi connectivity index (χ0n) is 13.0. The van der Waals surface area contributed by atoms with E-state index in [-0.39, 0.29) is 17.9 Å². The van der Waals surface area contributed by atoms with Crippen LogP contribution >= 0.6 is 0 Å². The molecule has 1 heterocycles. The molecule has 4 nitrogen and oxygen atoms in total. The molecule has 0 spiro atoms. The predicted molar refractivity (Wildman–Crippen MR) is 83.9 cm³/mol. The normalized spacial score (nSPS) is 17.7. The molecule has 0 bridgehead atoms. The molecule has 1 atom stereocenters. The van der Waals surface area contributed by atoms with Crippen LogP contribution in [-0.2, 0) is 16.1 Å². The molecule has 0 aromatic heterocycles. The van der Waals surface area contributed by atoms with Crippen LogP contribution in [0.5, 0.6) is 0 Å². The van der Waals surface area contributed by atoms with Gasteiger partial charge in [0.25, 0.3) is 0 Å². The first-order valence-corrected chi connectivity index (χ1v) is 7.79. The Balaban J connectivity index is 1.72. The van der Waals surface area contributed by atoms with Crippen molar-refractivity contribution < 1.29 is 9.53 Å². The third-order valence-electron chi connectivity index (χ3n) is 4.01.